The van der Waals surface area contributed by atoms with Crippen LogP contribution in [0.1, 0.15) is 11.1 Å². The standard InChI is InChI=1S/C16H16FN3O3S/c1-9-4-3-5-10(2)14(9)19-16(21)15-18-12-8-11(17)6-7-13(12)24(22,23)20-15/h3-8,15,18,20H,1-2H3,(H,19,21)/t15-/m0/s1. The zero-order chi connectivity index (χ0) is 17.5. The lowest BCUT2D eigenvalue weighted by Crippen LogP contribution is -2.51. The molecule has 8 heteroatoms. The first-order valence-electron chi connectivity index (χ1n) is 7.23. The minimum atomic E-state index is -3.91. The normalized spacial score (nSPS) is 18.4. The predicted octanol–water partition coefficient (Wildman–Crippen LogP) is 2.11. The molecular formula is C16H16FN3O3S. The summed E-state index contributed by atoms with van der Waals surface area (Å²) in [4.78, 5) is 12.4. The van der Waals surface area contributed by atoms with E-state index >= 15 is 0 Å². The molecule has 0 unspecified atom stereocenters. The predicted molar refractivity (Wildman–Crippen MR) is 88.7 cm³/mol. The summed E-state index contributed by atoms with van der Waals surface area (Å²) in [5, 5.41) is 5.42. The van der Waals surface area contributed by atoms with Crippen LogP contribution in [0.25, 0.3) is 0 Å². The number of rotatable bonds is 2. The molecule has 0 aromatic heterocycles. The molecule has 0 radical (unpaired) electrons. The van der Waals surface area contributed by atoms with E-state index in [4.69, 9.17) is 0 Å². The van der Waals surface area contributed by atoms with Crippen LogP contribution >= 0.6 is 0 Å². The minimum absolute atomic E-state index is 0.0513. The van der Waals surface area contributed by atoms with Crippen molar-refractivity contribution in [3.05, 3.63) is 53.3 Å². The molecule has 6 nitrogen and oxygen atoms in total. The van der Waals surface area contributed by atoms with Crippen LogP contribution in [0.3, 0.4) is 0 Å². The van der Waals surface area contributed by atoms with E-state index in [0.717, 1.165) is 29.3 Å². The van der Waals surface area contributed by atoms with Gasteiger partial charge in [0.2, 0.25) is 10.0 Å². The third kappa shape index (κ3) is 2.98. The Morgan fingerprint density at radius 3 is 2.50 bits per heavy atom. The van der Waals surface area contributed by atoms with E-state index in [1.54, 1.807) is 0 Å². The molecule has 0 spiro atoms. The lowest BCUT2D eigenvalue weighted by Gasteiger charge is -2.27. The van der Waals surface area contributed by atoms with Crippen molar-refractivity contribution >= 4 is 27.3 Å². The minimum Gasteiger partial charge on any atom is -0.360 e. The Labute approximate surface area is 139 Å². The fraction of sp³-hybridized carbons (Fsp3) is 0.188. The molecule has 1 amide bonds. The topological polar surface area (TPSA) is 87.3 Å². The van der Waals surface area contributed by atoms with Gasteiger partial charge in [0.1, 0.15) is 10.7 Å². The van der Waals surface area contributed by atoms with E-state index in [-0.39, 0.29) is 10.6 Å². The van der Waals surface area contributed by atoms with Crippen molar-refractivity contribution < 1.29 is 17.6 Å². The van der Waals surface area contributed by atoms with Gasteiger partial charge in [0.25, 0.3) is 5.91 Å². The molecule has 2 aromatic rings. The monoisotopic (exact) mass is 349 g/mol. The highest BCUT2D eigenvalue weighted by Gasteiger charge is 2.33. The first-order valence-corrected chi connectivity index (χ1v) is 8.72. The van der Waals surface area contributed by atoms with E-state index in [9.17, 15) is 17.6 Å². The molecule has 3 rings (SSSR count). The Balaban J connectivity index is 1.90. The highest BCUT2D eigenvalue weighted by Crippen LogP contribution is 2.27. The summed E-state index contributed by atoms with van der Waals surface area (Å²) in [6.07, 6.45) is -1.23. The molecule has 1 aliphatic heterocycles. The largest absolute Gasteiger partial charge is 0.360 e. The average molecular weight is 349 g/mol. The van der Waals surface area contributed by atoms with Crippen molar-refractivity contribution in [3.63, 3.8) is 0 Å². The van der Waals surface area contributed by atoms with Crippen LogP contribution in [-0.2, 0) is 14.8 Å². The van der Waals surface area contributed by atoms with E-state index in [1.807, 2.05) is 32.0 Å². The average Bonchev–Trinajstić information content (AvgIpc) is 2.49. The zero-order valence-corrected chi connectivity index (χ0v) is 13.9. The summed E-state index contributed by atoms with van der Waals surface area (Å²) < 4.78 is 40.1. The van der Waals surface area contributed by atoms with E-state index in [2.05, 4.69) is 15.4 Å². The van der Waals surface area contributed by atoms with Crippen molar-refractivity contribution in [3.8, 4) is 0 Å². The summed E-state index contributed by atoms with van der Waals surface area (Å²) in [7, 11) is -3.91. The number of sulfonamides is 1. The first kappa shape index (κ1) is 16.4. The van der Waals surface area contributed by atoms with Gasteiger partial charge in [0.15, 0.2) is 6.17 Å². The maximum absolute atomic E-state index is 13.4. The van der Waals surface area contributed by atoms with Gasteiger partial charge < -0.3 is 10.6 Å². The van der Waals surface area contributed by atoms with Crippen LogP contribution < -0.4 is 15.4 Å². The van der Waals surface area contributed by atoms with Gasteiger partial charge >= 0.3 is 0 Å². The SMILES string of the molecule is Cc1cccc(C)c1NC(=O)[C@H]1Nc2cc(F)ccc2S(=O)(=O)N1. The third-order valence-electron chi connectivity index (χ3n) is 3.80. The van der Waals surface area contributed by atoms with E-state index in [0.29, 0.717) is 5.69 Å². The van der Waals surface area contributed by atoms with Crippen LogP contribution in [0.2, 0.25) is 0 Å². The molecular weight excluding hydrogens is 333 g/mol. The van der Waals surface area contributed by atoms with E-state index in [1.165, 1.54) is 0 Å². The molecule has 0 bridgehead atoms. The van der Waals surface area contributed by atoms with Gasteiger partial charge in [-0.25, -0.2) is 12.8 Å². The summed E-state index contributed by atoms with van der Waals surface area (Å²) in [5.74, 6) is -1.17. The van der Waals surface area contributed by atoms with Gasteiger partial charge in [-0.1, -0.05) is 18.2 Å². The van der Waals surface area contributed by atoms with Crippen LogP contribution in [0.5, 0.6) is 0 Å². The van der Waals surface area contributed by atoms with Crippen LogP contribution in [0.15, 0.2) is 41.3 Å². The number of carbonyl (C=O) groups excluding carboxylic acids is 1. The highest BCUT2D eigenvalue weighted by molar-refractivity contribution is 7.89. The molecule has 1 aliphatic rings. The lowest BCUT2D eigenvalue weighted by molar-refractivity contribution is -0.117. The second-order valence-corrected chi connectivity index (χ2v) is 7.28. The van der Waals surface area contributed by atoms with Crippen LogP contribution in [0.4, 0.5) is 15.8 Å². The quantitative estimate of drug-likeness (QED) is 0.775. The number of halogens is 1. The molecule has 24 heavy (non-hydrogen) atoms. The number of hydrogen-bond donors (Lipinski definition) is 3. The van der Waals surface area contributed by atoms with Crippen molar-refractivity contribution in [2.75, 3.05) is 10.6 Å². The Kier molecular flexibility index (Phi) is 4.02. The number of benzene rings is 2. The van der Waals surface area contributed by atoms with Gasteiger partial charge in [-0.15, -0.1) is 0 Å². The molecule has 1 atom stereocenters. The number of nitrogens with one attached hydrogen (secondary N) is 3. The van der Waals surface area contributed by atoms with Crippen LogP contribution in [-0.4, -0.2) is 20.5 Å². The number of para-hydroxylation sites is 1. The molecule has 0 saturated heterocycles. The number of hydrogen-bond acceptors (Lipinski definition) is 4. The van der Waals surface area contributed by atoms with E-state index < -0.39 is 27.9 Å². The number of amides is 1. The van der Waals surface area contributed by atoms with Gasteiger partial charge in [-0.2, -0.15) is 4.72 Å². The summed E-state index contributed by atoms with van der Waals surface area (Å²) >= 11 is 0. The zero-order valence-electron chi connectivity index (χ0n) is 13.1. The fourth-order valence-electron chi connectivity index (χ4n) is 2.58. The smallest absolute Gasteiger partial charge is 0.262 e. The van der Waals surface area contributed by atoms with Gasteiger partial charge in [0, 0.05) is 5.69 Å². The Hall–Kier alpha value is -2.45. The van der Waals surface area contributed by atoms with Crippen molar-refractivity contribution in [2.24, 2.45) is 0 Å². The molecule has 1 heterocycles. The van der Waals surface area contributed by atoms with Gasteiger partial charge in [-0.3, -0.25) is 4.79 Å². The highest BCUT2D eigenvalue weighted by atomic mass is 32.2. The Morgan fingerprint density at radius 1 is 1.17 bits per heavy atom. The fourth-order valence-corrected chi connectivity index (χ4v) is 3.84. The molecule has 3 N–H and O–H groups in total. The summed E-state index contributed by atoms with van der Waals surface area (Å²) in [5.41, 5.74) is 2.38. The number of anilines is 2. The van der Waals surface area contributed by atoms with Crippen molar-refractivity contribution in [1.29, 1.82) is 0 Å². The Morgan fingerprint density at radius 2 is 1.83 bits per heavy atom. The van der Waals surface area contributed by atoms with Crippen molar-refractivity contribution in [2.45, 2.75) is 24.9 Å². The second kappa shape index (κ2) is 5.88. The number of aryl methyl sites for hydroxylation is 2. The van der Waals surface area contributed by atoms with Crippen molar-refractivity contribution in [1.82, 2.24) is 4.72 Å². The van der Waals surface area contributed by atoms with Gasteiger partial charge in [0.05, 0.1) is 5.69 Å². The van der Waals surface area contributed by atoms with Gasteiger partial charge in [-0.05, 0) is 43.2 Å². The Bertz CT molecular complexity index is 908. The molecule has 126 valence electrons. The lowest BCUT2D eigenvalue weighted by atomic mass is 10.1. The summed E-state index contributed by atoms with van der Waals surface area (Å²) in [6, 6.07) is 8.79. The number of carbonyl (C=O) groups is 1. The maximum Gasteiger partial charge on any atom is 0.262 e. The van der Waals surface area contributed by atoms with Crippen LogP contribution in [0, 0.1) is 19.7 Å². The third-order valence-corrected chi connectivity index (χ3v) is 5.28. The second-order valence-electron chi connectivity index (χ2n) is 5.60. The summed E-state index contributed by atoms with van der Waals surface area (Å²) in [6.45, 7) is 3.68. The molecule has 0 aliphatic carbocycles. The molecule has 2 aromatic carbocycles. The molecule has 0 saturated carbocycles. The maximum atomic E-state index is 13.4. The number of fused-ring (bicyclic) bond motifs is 1. The molecule has 0 fully saturated rings. The first-order chi connectivity index (χ1) is 11.3.